The predicted molar refractivity (Wildman–Crippen MR) is 42.3 cm³/mol. The van der Waals surface area contributed by atoms with Crippen molar-refractivity contribution in [2.75, 3.05) is 13.1 Å². The maximum Gasteiger partial charge on any atom is 0.142 e. The van der Waals surface area contributed by atoms with Crippen LogP contribution in [0.15, 0.2) is 0 Å². The standard InChI is InChI=1S/C8H18N.ClH/c1-4-6-7-8-9(3)5-2;/h3-8H2,1-2H3;1H/q+1;/p-1. The monoisotopic (exact) mass is 163 g/mol. The van der Waals surface area contributed by atoms with E-state index in [1.54, 1.807) is 0 Å². The molecule has 0 radical (unpaired) electrons. The van der Waals surface area contributed by atoms with Gasteiger partial charge in [0, 0.05) is 6.42 Å². The van der Waals surface area contributed by atoms with E-state index in [-0.39, 0.29) is 12.4 Å². The number of rotatable bonds is 5. The van der Waals surface area contributed by atoms with Crippen LogP contribution in [0.4, 0.5) is 0 Å². The predicted octanol–water partition coefficient (Wildman–Crippen LogP) is -1.09. The Morgan fingerprint density at radius 1 is 1.20 bits per heavy atom. The summed E-state index contributed by atoms with van der Waals surface area (Å²) in [5.74, 6) is 0. The Kier molecular flexibility index (Phi) is 11.3. The lowest BCUT2D eigenvalue weighted by Gasteiger charge is -1.95. The van der Waals surface area contributed by atoms with Gasteiger partial charge in [-0.3, -0.25) is 0 Å². The van der Waals surface area contributed by atoms with Gasteiger partial charge in [0.05, 0.1) is 0 Å². The van der Waals surface area contributed by atoms with Crippen LogP contribution in [0.5, 0.6) is 0 Å². The molecule has 0 heterocycles. The van der Waals surface area contributed by atoms with Gasteiger partial charge in [-0.1, -0.05) is 13.3 Å². The highest BCUT2D eigenvalue weighted by Gasteiger charge is 1.93. The van der Waals surface area contributed by atoms with E-state index in [0.29, 0.717) is 0 Å². The van der Waals surface area contributed by atoms with Gasteiger partial charge in [0.25, 0.3) is 0 Å². The second-order valence-corrected chi connectivity index (χ2v) is 2.42. The van der Waals surface area contributed by atoms with Crippen LogP contribution in [0.3, 0.4) is 0 Å². The van der Waals surface area contributed by atoms with Crippen molar-refractivity contribution in [3.63, 3.8) is 0 Å². The van der Waals surface area contributed by atoms with Gasteiger partial charge >= 0.3 is 0 Å². The van der Waals surface area contributed by atoms with Crippen LogP contribution >= 0.6 is 0 Å². The lowest BCUT2D eigenvalue weighted by molar-refractivity contribution is -0.516. The minimum Gasteiger partial charge on any atom is -1.00 e. The molecule has 0 aliphatic heterocycles. The topological polar surface area (TPSA) is 3.01 Å². The SMILES string of the molecule is C=[N+](CC)CCCCC.[Cl-]. The smallest absolute Gasteiger partial charge is 0.142 e. The molecule has 0 N–H and O–H groups in total. The molecule has 0 rings (SSSR count). The van der Waals surface area contributed by atoms with Crippen LogP contribution in [0.2, 0.25) is 0 Å². The third kappa shape index (κ3) is 7.96. The third-order valence-corrected chi connectivity index (χ3v) is 1.53. The fraction of sp³-hybridized carbons (Fsp3) is 0.875. The van der Waals surface area contributed by atoms with Gasteiger partial charge in [-0.2, -0.15) is 0 Å². The van der Waals surface area contributed by atoms with Gasteiger partial charge in [-0.15, -0.1) is 0 Å². The Labute approximate surface area is 70.6 Å². The highest BCUT2D eigenvalue weighted by atomic mass is 35.5. The molecule has 0 bridgehead atoms. The first-order valence-electron chi connectivity index (χ1n) is 3.86. The second-order valence-electron chi connectivity index (χ2n) is 2.42. The molecule has 0 amide bonds. The Morgan fingerprint density at radius 2 is 1.80 bits per heavy atom. The molecule has 0 spiro atoms. The van der Waals surface area contributed by atoms with Gasteiger partial charge in [0.15, 0.2) is 0 Å². The van der Waals surface area contributed by atoms with Crippen molar-refractivity contribution in [1.82, 2.24) is 0 Å². The number of unbranched alkanes of at least 4 members (excludes halogenated alkanes) is 2. The summed E-state index contributed by atoms with van der Waals surface area (Å²) in [4.78, 5) is 0. The number of halogens is 1. The molecule has 0 aliphatic carbocycles. The fourth-order valence-corrected chi connectivity index (χ4v) is 0.744. The van der Waals surface area contributed by atoms with Crippen LogP contribution in [-0.2, 0) is 0 Å². The maximum atomic E-state index is 3.86. The lowest BCUT2D eigenvalue weighted by Crippen LogP contribution is -3.00. The van der Waals surface area contributed by atoms with Crippen molar-refractivity contribution in [1.29, 1.82) is 0 Å². The average molecular weight is 164 g/mol. The van der Waals surface area contributed by atoms with E-state index in [9.17, 15) is 0 Å². The quantitative estimate of drug-likeness (QED) is 0.276. The number of nitrogens with zero attached hydrogens (tertiary/aromatic N) is 1. The van der Waals surface area contributed by atoms with E-state index in [2.05, 4.69) is 25.1 Å². The first kappa shape index (κ1) is 12.6. The Morgan fingerprint density at radius 3 is 2.20 bits per heavy atom. The van der Waals surface area contributed by atoms with E-state index in [4.69, 9.17) is 0 Å². The molecule has 2 heteroatoms. The zero-order valence-corrected chi connectivity index (χ0v) is 7.82. The molecule has 0 aliphatic rings. The molecular weight excluding hydrogens is 146 g/mol. The van der Waals surface area contributed by atoms with Crippen molar-refractivity contribution in [2.45, 2.75) is 33.1 Å². The molecule has 0 atom stereocenters. The highest BCUT2D eigenvalue weighted by Crippen LogP contribution is 1.92. The molecule has 0 aromatic carbocycles. The van der Waals surface area contributed by atoms with E-state index < -0.39 is 0 Å². The van der Waals surface area contributed by atoms with Crippen molar-refractivity contribution in [3.05, 3.63) is 0 Å². The average Bonchev–Trinajstić information content (AvgIpc) is 1.89. The van der Waals surface area contributed by atoms with Crippen LogP contribution in [0.1, 0.15) is 33.1 Å². The van der Waals surface area contributed by atoms with Crippen LogP contribution in [0.25, 0.3) is 0 Å². The normalized spacial score (nSPS) is 8.60. The molecular formula is C8H18ClN. The largest absolute Gasteiger partial charge is 1.00 e. The van der Waals surface area contributed by atoms with Gasteiger partial charge in [-0.25, -0.2) is 4.58 Å². The van der Waals surface area contributed by atoms with Gasteiger partial charge in [-0.05, 0) is 13.3 Å². The summed E-state index contributed by atoms with van der Waals surface area (Å²) in [6, 6.07) is 0. The minimum atomic E-state index is 0. The molecule has 0 unspecified atom stereocenters. The Balaban J connectivity index is 0. The molecule has 0 saturated carbocycles. The first-order chi connectivity index (χ1) is 4.31. The molecule has 0 fully saturated rings. The van der Waals surface area contributed by atoms with Gasteiger partial charge < -0.3 is 12.4 Å². The summed E-state index contributed by atoms with van der Waals surface area (Å²) < 4.78 is 2.11. The molecule has 0 aromatic heterocycles. The summed E-state index contributed by atoms with van der Waals surface area (Å²) in [5, 5.41) is 0. The zero-order valence-electron chi connectivity index (χ0n) is 7.07. The molecule has 62 valence electrons. The van der Waals surface area contributed by atoms with E-state index in [1.165, 1.54) is 19.3 Å². The van der Waals surface area contributed by atoms with Crippen LogP contribution < -0.4 is 12.4 Å². The van der Waals surface area contributed by atoms with Crippen molar-refractivity contribution >= 4 is 6.72 Å². The summed E-state index contributed by atoms with van der Waals surface area (Å²) in [7, 11) is 0. The summed E-state index contributed by atoms with van der Waals surface area (Å²) in [6.07, 6.45) is 3.94. The zero-order chi connectivity index (χ0) is 7.11. The van der Waals surface area contributed by atoms with E-state index in [0.717, 1.165) is 13.1 Å². The molecule has 10 heavy (non-hydrogen) atoms. The highest BCUT2D eigenvalue weighted by molar-refractivity contribution is 5.14. The van der Waals surface area contributed by atoms with Gasteiger partial charge in [0.2, 0.25) is 0 Å². The van der Waals surface area contributed by atoms with Crippen LogP contribution in [0, 0.1) is 0 Å². The van der Waals surface area contributed by atoms with E-state index in [1.807, 2.05) is 0 Å². The second kappa shape index (κ2) is 8.96. The Hall–Kier alpha value is -0.0400. The van der Waals surface area contributed by atoms with E-state index >= 15 is 0 Å². The number of hydrogen-bond donors (Lipinski definition) is 0. The van der Waals surface area contributed by atoms with Crippen molar-refractivity contribution < 1.29 is 17.0 Å². The van der Waals surface area contributed by atoms with Crippen LogP contribution in [-0.4, -0.2) is 24.4 Å². The lowest BCUT2D eigenvalue weighted by atomic mass is 10.2. The molecule has 0 saturated heterocycles. The third-order valence-electron chi connectivity index (χ3n) is 1.53. The minimum absolute atomic E-state index is 0. The van der Waals surface area contributed by atoms with Crippen molar-refractivity contribution in [3.8, 4) is 0 Å². The summed E-state index contributed by atoms with van der Waals surface area (Å²) >= 11 is 0. The first-order valence-corrected chi connectivity index (χ1v) is 3.86. The fourth-order valence-electron chi connectivity index (χ4n) is 0.744. The maximum absolute atomic E-state index is 3.86. The van der Waals surface area contributed by atoms with Gasteiger partial charge in [0.1, 0.15) is 19.8 Å². The summed E-state index contributed by atoms with van der Waals surface area (Å²) in [6.45, 7) is 10.5. The Bertz CT molecular complexity index is 81.3. The summed E-state index contributed by atoms with van der Waals surface area (Å²) in [5.41, 5.74) is 0. The molecule has 1 nitrogen and oxygen atoms in total. The molecule has 0 aromatic rings. The number of hydrogen-bond acceptors (Lipinski definition) is 0. The van der Waals surface area contributed by atoms with Crippen molar-refractivity contribution in [2.24, 2.45) is 0 Å².